The topological polar surface area (TPSA) is 57.8 Å². The SMILES string of the molecule is C=C(C#N)C(=O)c1cc2cc(C)c(NSCCCF)cc2n1SI. The molecule has 0 aliphatic heterocycles. The van der Waals surface area contributed by atoms with Crippen LogP contribution in [-0.4, -0.2) is 22.2 Å². The molecular weight excluding hydrogens is 460 g/mol. The molecule has 0 unspecified atom stereocenters. The van der Waals surface area contributed by atoms with Crippen molar-refractivity contribution in [3.8, 4) is 6.07 Å². The van der Waals surface area contributed by atoms with Gasteiger partial charge in [-0.3, -0.25) is 13.2 Å². The fraction of sp³-hybridized carbons (Fsp3) is 0.250. The van der Waals surface area contributed by atoms with Gasteiger partial charge in [-0.25, -0.2) is 0 Å². The van der Waals surface area contributed by atoms with Crippen molar-refractivity contribution in [2.45, 2.75) is 13.3 Å². The normalized spacial score (nSPS) is 10.6. The summed E-state index contributed by atoms with van der Waals surface area (Å²) in [6.45, 7) is 5.16. The van der Waals surface area contributed by atoms with Crippen molar-refractivity contribution in [2.75, 3.05) is 17.1 Å². The summed E-state index contributed by atoms with van der Waals surface area (Å²) in [4.78, 5) is 12.3. The van der Waals surface area contributed by atoms with Crippen LogP contribution in [0.2, 0.25) is 0 Å². The number of aromatic nitrogens is 1. The Morgan fingerprint density at radius 1 is 1.50 bits per heavy atom. The fourth-order valence-corrected chi connectivity index (χ4v) is 4.60. The number of nitrogens with zero attached hydrogens (tertiary/aromatic N) is 2. The third kappa shape index (κ3) is 4.07. The molecule has 0 atom stereocenters. The molecule has 2 rings (SSSR count). The number of ketones is 1. The van der Waals surface area contributed by atoms with E-state index in [4.69, 9.17) is 5.26 Å². The number of rotatable bonds is 8. The predicted octanol–water partition coefficient (Wildman–Crippen LogP) is 5.48. The Bertz CT molecular complexity index is 829. The number of hydrogen-bond donors (Lipinski definition) is 1. The highest BCUT2D eigenvalue weighted by molar-refractivity contribution is 14.2. The van der Waals surface area contributed by atoms with Crippen molar-refractivity contribution in [1.82, 2.24) is 3.97 Å². The molecule has 8 heteroatoms. The maximum Gasteiger partial charge on any atom is 0.220 e. The van der Waals surface area contributed by atoms with Gasteiger partial charge in [0.2, 0.25) is 5.78 Å². The van der Waals surface area contributed by atoms with Gasteiger partial charge in [0.25, 0.3) is 0 Å². The Balaban J connectivity index is 2.42. The molecule has 1 aromatic heterocycles. The zero-order chi connectivity index (χ0) is 17.7. The van der Waals surface area contributed by atoms with Gasteiger partial charge in [0.05, 0.1) is 17.8 Å². The van der Waals surface area contributed by atoms with E-state index in [1.165, 1.54) is 21.1 Å². The summed E-state index contributed by atoms with van der Waals surface area (Å²) in [5, 5.41) is 9.83. The lowest BCUT2D eigenvalue weighted by atomic mass is 10.1. The summed E-state index contributed by atoms with van der Waals surface area (Å²) in [5.41, 5.74) is 3.18. The number of benzene rings is 1. The van der Waals surface area contributed by atoms with E-state index < -0.39 is 0 Å². The molecule has 0 bridgehead atoms. The highest BCUT2D eigenvalue weighted by atomic mass is 127. The molecule has 0 spiro atoms. The highest BCUT2D eigenvalue weighted by Gasteiger charge is 2.19. The molecule has 1 N–H and O–H groups in total. The minimum atomic E-state index is -0.373. The molecular formula is C16H15FIN3OS2. The van der Waals surface area contributed by atoms with Crippen molar-refractivity contribution in [3.63, 3.8) is 0 Å². The highest BCUT2D eigenvalue weighted by Crippen LogP contribution is 2.33. The van der Waals surface area contributed by atoms with Gasteiger partial charge >= 0.3 is 0 Å². The Hall–Kier alpha value is -1.18. The molecule has 24 heavy (non-hydrogen) atoms. The van der Waals surface area contributed by atoms with E-state index in [-0.39, 0.29) is 18.0 Å². The van der Waals surface area contributed by atoms with Crippen LogP contribution in [0.4, 0.5) is 10.1 Å². The lowest BCUT2D eigenvalue weighted by Gasteiger charge is -2.10. The number of carbonyl (C=O) groups is 1. The van der Waals surface area contributed by atoms with Crippen molar-refractivity contribution in [1.29, 1.82) is 5.26 Å². The number of halogens is 2. The van der Waals surface area contributed by atoms with Gasteiger partial charge in [-0.1, -0.05) is 18.5 Å². The van der Waals surface area contributed by atoms with E-state index in [1.807, 2.05) is 19.1 Å². The van der Waals surface area contributed by atoms with Crippen LogP contribution in [0, 0.1) is 18.3 Å². The molecule has 0 aliphatic carbocycles. The average molecular weight is 475 g/mol. The van der Waals surface area contributed by atoms with Gasteiger partial charge in [-0.05, 0) is 37.1 Å². The van der Waals surface area contributed by atoms with Gasteiger partial charge in [-0.15, -0.1) is 0 Å². The van der Waals surface area contributed by atoms with Gasteiger partial charge in [0.15, 0.2) is 0 Å². The van der Waals surface area contributed by atoms with Crippen molar-refractivity contribution >= 4 is 64.6 Å². The first-order valence-electron chi connectivity index (χ1n) is 7.06. The van der Waals surface area contributed by atoms with Crippen molar-refractivity contribution < 1.29 is 9.18 Å². The molecule has 0 amide bonds. The zero-order valence-corrected chi connectivity index (χ0v) is 16.7. The summed E-state index contributed by atoms with van der Waals surface area (Å²) in [6, 6.07) is 7.53. The van der Waals surface area contributed by atoms with Gasteiger partial charge < -0.3 is 4.72 Å². The van der Waals surface area contributed by atoms with Crippen molar-refractivity contribution in [2.24, 2.45) is 0 Å². The van der Waals surface area contributed by atoms with Crippen LogP contribution >= 0.6 is 42.3 Å². The standard InChI is InChI=1S/C16H15FIN3OS2/c1-10-6-12-7-15(16(22)11(2)9-19)21(24-18)14(12)8-13(10)20-23-5-3-4-17/h6-8,20H,2-5H2,1H3. The maximum absolute atomic E-state index is 12.3. The number of nitriles is 1. The van der Waals surface area contributed by atoms with Crippen LogP contribution in [0.25, 0.3) is 10.9 Å². The number of alkyl halides is 1. The van der Waals surface area contributed by atoms with E-state index in [2.05, 4.69) is 32.5 Å². The molecule has 126 valence electrons. The summed E-state index contributed by atoms with van der Waals surface area (Å²) in [5.74, 6) is 0.309. The average Bonchev–Trinajstić information content (AvgIpc) is 2.94. The Kier molecular flexibility index (Phi) is 7.01. The van der Waals surface area contributed by atoms with Crippen LogP contribution in [0.1, 0.15) is 22.5 Å². The van der Waals surface area contributed by atoms with Crippen molar-refractivity contribution in [3.05, 3.63) is 41.6 Å². The molecule has 0 saturated carbocycles. The molecule has 0 radical (unpaired) electrons. The zero-order valence-electron chi connectivity index (χ0n) is 12.9. The third-order valence-corrected chi connectivity index (χ3v) is 5.95. The molecule has 0 fully saturated rings. The number of hydrogen-bond acceptors (Lipinski definition) is 5. The van der Waals surface area contributed by atoms with Crippen LogP contribution in [0.3, 0.4) is 0 Å². The lowest BCUT2D eigenvalue weighted by molar-refractivity contribution is 0.103. The van der Waals surface area contributed by atoms with Gasteiger partial charge in [0, 0.05) is 47.2 Å². The minimum Gasteiger partial charge on any atom is -0.329 e. The van der Waals surface area contributed by atoms with E-state index in [9.17, 15) is 9.18 Å². The first kappa shape index (κ1) is 19.1. The Morgan fingerprint density at radius 3 is 2.88 bits per heavy atom. The van der Waals surface area contributed by atoms with E-state index >= 15 is 0 Å². The van der Waals surface area contributed by atoms with E-state index in [0.29, 0.717) is 17.9 Å². The minimum absolute atomic E-state index is 0.0821. The summed E-state index contributed by atoms with van der Waals surface area (Å²) >= 11 is 3.56. The fourth-order valence-electron chi connectivity index (χ4n) is 2.15. The molecule has 1 heterocycles. The maximum atomic E-state index is 12.3. The largest absolute Gasteiger partial charge is 0.329 e. The second-order valence-corrected chi connectivity index (χ2v) is 7.62. The number of carbonyl (C=O) groups excluding carboxylic acids is 1. The second kappa shape index (κ2) is 8.78. The summed E-state index contributed by atoms with van der Waals surface area (Å²) in [7, 11) is 1.37. The third-order valence-electron chi connectivity index (χ3n) is 3.38. The molecule has 4 nitrogen and oxygen atoms in total. The van der Waals surface area contributed by atoms with Crippen LogP contribution < -0.4 is 4.72 Å². The van der Waals surface area contributed by atoms with Gasteiger partial charge in [0.1, 0.15) is 11.8 Å². The van der Waals surface area contributed by atoms with Crippen LogP contribution in [0.15, 0.2) is 30.4 Å². The summed E-state index contributed by atoms with van der Waals surface area (Å²) < 4.78 is 17.2. The Morgan fingerprint density at radius 2 is 2.25 bits per heavy atom. The smallest absolute Gasteiger partial charge is 0.220 e. The first-order valence-corrected chi connectivity index (χ1v) is 11.4. The molecule has 1 aromatic carbocycles. The molecule has 0 aliphatic rings. The van der Waals surface area contributed by atoms with Gasteiger partial charge in [-0.2, -0.15) is 5.26 Å². The number of Topliss-reactive ketones (excluding diaryl/α,β-unsaturated/α-hetero) is 1. The second-order valence-electron chi connectivity index (χ2n) is 5.03. The lowest BCUT2D eigenvalue weighted by Crippen LogP contribution is -2.05. The Labute approximate surface area is 160 Å². The van der Waals surface area contributed by atoms with Crippen LogP contribution in [0.5, 0.6) is 0 Å². The molecule has 2 aromatic rings. The quantitative estimate of drug-likeness (QED) is 0.137. The number of allylic oxidation sites excluding steroid dienone is 1. The van der Waals surface area contributed by atoms with E-state index in [1.54, 1.807) is 16.1 Å². The molecule has 0 saturated heterocycles. The predicted molar refractivity (Wildman–Crippen MR) is 109 cm³/mol. The number of anilines is 1. The van der Waals surface area contributed by atoms with Crippen LogP contribution in [-0.2, 0) is 0 Å². The number of fused-ring (bicyclic) bond motifs is 1. The monoisotopic (exact) mass is 475 g/mol. The summed E-state index contributed by atoms with van der Waals surface area (Å²) in [6.07, 6.45) is 0.508. The number of aryl methyl sites for hydroxylation is 1. The first-order chi connectivity index (χ1) is 11.5. The number of nitrogens with one attached hydrogen (secondary N) is 1. The van der Waals surface area contributed by atoms with E-state index in [0.717, 1.165) is 22.2 Å².